The third kappa shape index (κ3) is 3.06. The predicted octanol–water partition coefficient (Wildman–Crippen LogP) is 3.79. The van der Waals surface area contributed by atoms with Crippen LogP contribution in [0.4, 0.5) is 0 Å². The maximum Gasteiger partial charge on any atom is 0.289 e. The van der Waals surface area contributed by atoms with Gasteiger partial charge in [0.15, 0.2) is 17.1 Å². The van der Waals surface area contributed by atoms with Crippen LogP contribution >= 0.6 is 0 Å². The van der Waals surface area contributed by atoms with Crippen molar-refractivity contribution >= 4 is 16.9 Å². The highest BCUT2D eigenvalue weighted by Gasteiger charge is 2.39. The van der Waals surface area contributed by atoms with E-state index in [4.69, 9.17) is 18.6 Å². The number of aryl methyl sites for hydroxylation is 1. The molecule has 1 aromatic heterocycles. The number of rotatable bonds is 3. The molecule has 3 heterocycles. The Balaban J connectivity index is 1.67. The lowest BCUT2D eigenvalue weighted by atomic mass is 9.74. The van der Waals surface area contributed by atoms with E-state index in [2.05, 4.69) is 0 Å². The van der Waals surface area contributed by atoms with Gasteiger partial charge in [0.1, 0.15) is 0 Å². The van der Waals surface area contributed by atoms with E-state index in [1.165, 1.54) is 6.42 Å². The van der Waals surface area contributed by atoms with E-state index in [0.717, 1.165) is 56.5 Å². The lowest BCUT2D eigenvalue weighted by molar-refractivity contribution is -0.0235. The molecule has 2 aliphatic heterocycles. The molecule has 2 fully saturated rings. The molecule has 1 amide bonds. The van der Waals surface area contributed by atoms with E-state index in [9.17, 15) is 4.79 Å². The van der Waals surface area contributed by atoms with Crippen molar-refractivity contribution in [3.8, 4) is 11.5 Å². The number of fused-ring (bicyclic) bond motifs is 1. The largest absolute Gasteiger partial charge is 0.493 e. The minimum Gasteiger partial charge on any atom is -0.493 e. The fourth-order valence-corrected chi connectivity index (χ4v) is 4.54. The van der Waals surface area contributed by atoms with Gasteiger partial charge < -0.3 is 23.5 Å². The summed E-state index contributed by atoms with van der Waals surface area (Å²) >= 11 is 0. The molecule has 0 unspecified atom stereocenters. The normalized spacial score (nSPS) is 19.4. The van der Waals surface area contributed by atoms with Gasteiger partial charge in [-0.05, 0) is 50.2 Å². The number of nitrogens with zero attached hydrogens (tertiary/aromatic N) is 1. The average Bonchev–Trinajstić information content (AvgIpc) is 3.04. The Morgan fingerprint density at radius 1 is 1.15 bits per heavy atom. The smallest absolute Gasteiger partial charge is 0.289 e. The zero-order valence-electron chi connectivity index (χ0n) is 16.3. The Hall–Kier alpha value is -2.21. The molecular formula is C21H27NO5. The minimum atomic E-state index is -0.0321. The van der Waals surface area contributed by atoms with Gasteiger partial charge in [-0.15, -0.1) is 0 Å². The molecule has 1 aromatic carbocycles. The van der Waals surface area contributed by atoms with E-state index in [1.54, 1.807) is 14.2 Å². The first-order valence-corrected chi connectivity index (χ1v) is 9.60. The van der Waals surface area contributed by atoms with Crippen LogP contribution in [0.2, 0.25) is 0 Å². The first-order valence-electron chi connectivity index (χ1n) is 9.60. The molecule has 0 bridgehead atoms. The molecule has 6 nitrogen and oxygen atoms in total. The first kappa shape index (κ1) is 18.2. The van der Waals surface area contributed by atoms with Crippen molar-refractivity contribution in [2.45, 2.75) is 32.6 Å². The van der Waals surface area contributed by atoms with Crippen LogP contribution in [0.1, 0.15) is 41.8 Å². The molecule has 2 aliphatic rings. The molecule has 146 valence electrons. The third-order valence-electron chi connectivity index (χ3n) is 6.15. The van der Waals surface area contributed by atoms with E-state index < -0.39 is 0 Å². The summed E-state index contributed by atoms with van der Waals surface area (Å²) in [6.45, 7) is 5.08. The van der Waals surface area contributed by atoms with E-state index in [0.29, 0.717) is 22.8 Å². The molecule has 4 rings (SSSR count). The van der Waals surface area contributed by atoms with Crippen LogP contribution in [0.5, 0.6) is 11.5 Å². The second kappa shape index (κ2) is 7.08. The number of likely N-dealkylation sites (tertiary alicyclic amines) is 1. The minimum absolute atomic E-state index is 0.0321. The summed E-state index contributed by atoms with van der Waals surface area (Å²) in [5.41, 5.74) is 1.62. The quantitative estimate of drug-likeness (QED) is 0.819. The maximum atomic E-state index is 13.3. The zero-order chi connectivity index (χ0) is 19.0. The van der Waals surface area contributed by atoms with Crippen LogP contribution in [0.3, 0.4) is 0 Å². The lowest BCUT2D eigenvalue weighted by Crippen LogP contribution is -2.48. The van der Waals surface area contributed by atoms with Gasteiger partial charge in [-0.3, -0.25) is 4.79 Å². The fraction of sp³-hybridized carbons (Fsp3) is 0.571. The molecule has 27 heavy (non-hydrogen) atoms. The summed E-state index contributed by atoms with van der Waals surface area (Å²) in [5, 5.41) is 0.883. The molecule has 2 saturated heterocycles. The van der Waals surface area contributed by atoms with Gasteiger partial charge in [0.25, 0.3) is 5.91 Å². The first-order chi connectivity index (χ1) is 13.1. The summed E-state index contributed by atoms with van der Waals surface area (Å²) < 4.78 is 22.4. The van der Waals surface area contributed by atoms with Crippen LogP contribution in [-0.4, -0.2) is 51.3 Å². The van der Waals surface area contributed by atoms with Crippen LogP contribution in [0, 0.1) is 12.3 Å². The van der Waals surface area contributed by atoms with Crippen LogP contribution < -0.4 is 9.47 Å². The van der Waals surface area contributed by atoms with E-state index in [-0.39, 0.29) is 11.3 Å². The van der Waals surface area contributed by atoms with Crippen molar-refractivity contribution in [3.05, 3.63) is 23.5 Å². The summed E-state index contributed by atoms with van der Waals surface area (Å²) in [4.78, 5) is 15.3. The fourth-order valence-electron chi connectivity index (χ4n) is 4.54. The van der Waals surface area contributed by atoms with Gasteiger partial charge in [0.05, 0.1) is 14.2 Å². The molecule has 0 aliphatic carbocycles. The standard InChI is InChI=1S/C21H27NO5/c1-14-15-5-6-16(24-2)19(25-3)18(15)27-17(14)20(23)22-10-4-7-21(13-22)8-11-26-12-9-21/h5-6H,4,7-13H2,1-3H3. The Kier molecular flexibility index (Phi) is 4.76. The van der Waals surface area contributed by atoms with E-state index >= 15 is 0 Å². The predicted molar refractivity (Wildman–Crippen MR) is 102 cm³/mol. The highest BCUT2D eigenvalue weighted by atomic mass is 16.5. The van der Waals surface area contributed by atoms with Crippen molar-refractivity contribution in [3.63, 3.8) is 0 Å². The number of hydrogen-bond donors (Lipinski definition) is 0. The van der Waals surface area contributed by atoms with Gasteiger partial charge in [-0.2, -0.15) is 0 Å². The number of hydrogen-bond acceptors (Lipinski definition) is 5. The van der Waals surface area contributed by atoms with Crippen molar-refractivity contribution in [1.29, 1.82) is 0 Å². The molecule has 1 spiro atoms. The van der Waals surface area contributed by atoms with Crippen molar-refractivity contribution in [1.82, 2.24) is 4.90 Å². The molecule has 0 atom stereocenters. The van der Waals surface area contributed by atoms with Gasteiger partial charge >= 0.3 is 0 Å². The lowest BCUT2D eigenvalue weighted by Gasteiger charge is -2.44. The average molecular weight is 373 g/mol. The number of benzene rings is 1. The Bertz CT molecular complexity index is 844. The third-order valence-corrected chi connectivity index (χ3v) is 6.15. The number of furan rings is 1. The Morgan fingerprint density at radius 3 is 2.63 bits per heavy atom. The Morgan fingerprint density at radius 2 is 1.93 bits per heavy atom. The molecule has 6 heteroatoms. The highest BCUT2D eigenvalue weighted by Crippen LogP contribution is 2.42. The molecule has 0 N–H and O–H groups in total. The number of methoxy groups -OCH3 is 2. The van der Waals surface area contributed by atoms with Crippen LogP contribution in [0.25, 0.3) is 11.0 Å². The number of piperidine rings is 1. The molecule has 0 saturated carbocycles. The Labute approximate surface area is 159 Å². The molecule has 2 aromatic rings. The van der Waals surface area contributed by atoms with Gasteiger partial charge in [0.2, 0.25) is 5.75 Å². The zero-order valence-corrected chi connectivity index (χ0v) is 16.3. The summed E-state index contributed by atoms with van der Waals surface area (Å²) in [7, 11) is 3.17. The summed E-state index contributed by atoms with van der Waals surface area (Å²) in [6.07, 6.45) is 4.26. The van der Waals surface area contributed by atoms with Crippen molar-refractivity contribution in [2.75, 3.05) is 40.5 Å². The second-order valence-corrected chi connectivity index (χ2v) is 7.68. The SMILES string of the molecule is COc1ccc2c(C)c(C(=O)N3CCCC4(CCOCC4)C3)oc2c1OC. The van der Waals surface area contributed by atoms with Crippen molar-refractivity contribution in [2.24, 2.45) is 5.41 Å². The van der Waals surface area contributed by atoms with Gasteiger partial charge in [0, 0.05) is 37.3 Å². The van der Waals surface area contributed by atoms with Crippen LogP contribution in [0.15, 0.2) is 16.5 Å². The number of ether oxygens (including phenoxy) is 3. The summed E-state index contributed by atoms with van der Waals surface area (Å²) in [6, 6.07) is 3.76. The van der Waals surface area contributed by atoms with Crippen molar-refractivity contribution < 1.29 is 23.4 Å². The van der Waals surface area contributed by atoms with Gasteiger partial charge in [-0.1, -0.05) is 0 Å². The maximum absolute atomic E-state index is 13.3. The second-order valence-electron chi connectivity index (χ2n) is 7.68. The van der Waals surface area contributed by atoms with Gasteiger partial charge in [-0.25, -0.2) is 0 Å². The molecule has 0 radical (unpaired) electrons. The monoisotopic (exact) mass is 373 g/mol. The summed E-state index contributed by atoms with van der Waals surface area (Å²) in [5.74, 6) is 1.49. The highest BCUT2D eigenvalue weighted by molar-refractivity contribution is 6.00. The van der Waals surface area contributed by atoms with E-state index in [1.807, 2.05) is 24.0 Å². The number of amides is 1. The topological polar surface area (TPSA) is 61.1 Å². The number of carbonyl (C=O) groups excluding carboxylic acids is 1. The molecular weight excluding hydrogens is 346 g/mol. The van der Waals surface area contributed by atoms with Crippen LogP contribution in [-0.2, 0) is 4.74 Å². The number of carbonyl (C=O) groups is 1.